The number of aromatic nitrogens is 1. The van der Waals surface area contributed by atoms with E-state index in [0.717, 1.165) is 12.1 Å². The summed E-state index contributed by atoms with van der Waals surface area (Å²) >= 11 is 1.78. The Hall–Kier alpha value is -1.19. The predicted octanol–water partition coefficient (Wildman–Crippen LogP) is 3.56. The Morgan fingerprint density at radius 2 is 2.17 bits per heavy atom. The van der Waals surface area contributed by atoms with Crippen molar-refractivity contribution in [2.45, 2.75) is 31.8 Å². The Morgan fingerprint density at radius 3 is 3.00 bits per heavy atom. The molecule has 18 heavy (non-hydrogen) atoms. The number of fused-ring (bicyclic) bond motifs is 1. The van der Waals surface area contributed by atoms with Crippen LogP contribution in [0.1, 0.15) is 34.2 Å². The second-order valence-corrected chi connectivity index (χ2v) is 5.71. The van der Waals surface area contributed by atoms with Gasteiger partial charge in [0.2, 0.25) is 0 Å². The lowest BCUT2D eigenvalue weighted by Gasteiger charge is -2.22. The van der Waals surface area contributed by atoms with E-state index in [1.54, 1.807) is 18.4 Å². The highest BCUT2D eigenvalue weighted by atomic mass is 32.1. The summed E-state index contributed by atoms with van der Waals surface area (Å²) in [5.74, 6) is 0.593. The number of rotatable bonds is 3. The lowest BCUT2D eigenvalue weighted by molar-refractivity contribution is 0.182. The minimum Gasteiger partial charge on any atom is -0.378 e. The Bertz CT molecular complexity index is 535. The minimum atomic E-state index is 0.593. The van der Waals surface area contributed by atoms with Gasteiger partial charge in [0.15, 0.2) is 0 Å². The van der Waals surface area contributed by atoms with Gasteiger partial charge >= 0.3 is 0 Å². The van der Waals surface area contributed by atoms with Gasteiger partial charge in [-0.1, -0.05) is 24.3 Å². The zero-order chi connectivity index (χ0) is 12.4. The van der Waals surface area contributed by atoms with Gasteiger partial charge in [0.05, 0.1) is 17.3 Å². The number of methoxy groups -OCH3 is 1. The van der Waals surface area contributed by atoms with Crippen molar-refractivity contribution in [3.05, 3.63) is 51.5 Å². The lowest BCUT2D eigenvalue weighted by Crippen LogP contribution is -2.12. The Morgan fingerprint density at radius 1 is 1.33 bits per heavy atom. The van der Waals surface area contributed by atoms with Crippen molar-refractivity contribution in [3.8, 4) is 0 Å². The van der Waals surface area contributed by atoms with Gasteiger partial charge in [-0.25, -0.2) is 4.98 Å². The summed E-state index contributed by atoms with van der Waals surface area (Å²) in [6.07, 6.45) is 3.53. The van der Waals surface area contributed by atoms with Crippen LogP contribution in [-0.4, -0.2) is 12.1 Å². The first-order valence-electron chi connectivity index (χ1n) is 6.37. The number of hydrogen-bond acceptors (Lipinski definition) is 3. The van der Waals surface area contributed by atoms with Gasteiger partial charge in [-0.2, -0.15) is 0 Å². The molecule has 0 N–H and O–H groups in total. The summed E-state index contributed by atoms with van der Waals surface area (Å²) < 4.78 is 5.13. The molecular formula is C15H17NOS. The maximum Gasteiger partial charge on any atom is 0.0963 e. The summed E-state index contributed by atoms with van der Waals surface area (Å²) in [7, 11) is 1.72. The van der Waals surface area contributed by atoms with E-state index in [1.165, 1.54) is 29.0 Å². The van der Waals surface area contributed by atoms with Gasteiger partial charge in [0.1, 0.15) is 0 Å². The Labute approximate surface area is 112 Å². The summed E-state index contributed by atoms with van der Waals surface area (Å²) in [6, 6.07) is 8.79. The number of ether oxygens (including phenoxy) is 1. The highest BCUT2D eigenvalue weighted by molar-refractivity contribution is 7.09. The van der Waals surface area contributed by atoms with Crippen LogP contribution in [0.4, 0.5) is 0 Å². The Balaban J connectivity index is 1.78. The fourth-order valence-corrected chi connectivity index (χ4v) is 3.57. The SMILES string of the molecule is COCc1csc(C2CCc3ccccc3C2)n1. The number of nitrogens with zero attached hydrogens (tertiary/aromatic N) is 1. The van der Waals surface area contributed by atoms with Crippen LogP contribution in [0.25, 0.3) is 0 Å². The summed E-state index contributed by atoms with van der Waals surface area (Å²) in [4.78, 5) is 4.69. The molecule has 3 heteroatoms. The molecule has 0 saturated carbocycles. The van der Waals surface area contributed by atoms with E-state index in [9.17, 15) is 0 Å². The zero-order valence-corrected chi connectivity index (χ0v) is 11.4. The first-order valence-corrected chi connectivity index (χ1v) is 7.25. The van der Waals surface area contributed by atoms with E-state index in [-0.39, 0.29) is 0 Å². The van der Waals surface area contributed by atoms with Crippen LogP contribution in [0.2, 0.25) is 0 Å². The van der Waals surface area contributed by atoms with Crippen LogP contribution >= 0.6 is 11.3 Å². The van der Waals surface area contributed by atoms with E-state index < -0.39 is 0 Å². The first-order chi connectivity index (χ1) is 8.86. The van der Waals surface area contributed by atoms with E-state index in [4.69, 9.17) is 9.72 Å². The van der Waals surface area contributed by atoms with E-state index in [1.807, 2.05) is 0 Å². The third kappa shape index (κ3) is 2.33. The number of hydrogen-bond donors (Lipinski definition) is 0. The van der Waals surface area contributed by atoms with Crippen LogP contribution in [0.5, 0.6) is 0 Å². The van der Waals surface area contributed by atoms with Crippen molar-refractivity contribution in [1.82, 2.24) is 4.98 Å². The van der Waals surface area contributed by atoms with Crippen molar-refractivity contribution in [3.63, 3.8) is 0 Å². The molecule has 2 aromatic rings. The van der Waals surface area contributed by atoms with Gasteiger partial charge in [-0.05, 0) is 30.4 Å². The average Bonchev–Trinajstić information content (AvgIpc) is 2.87. The molecule has 94 valence electrons. The average molecular weight is 259 g/mol. The fraction of sp³-hybridized carbons (Fsp3) is 0.400. The molecule has 1 aromatic carbocycles. The molecule has 0 saturated heterocycles. The van der Waals surface area contributed by atoms with E-state index in [2.05, 4.69) is 29.6 Å². The second-order valence-electron chi connectivity index (χ2n) is 4.82. The number of aryl methyl sites for hydroxylation is 1. The third-order valence-electron chi connectivity index (χ3n) is 3.56. The van der Waals surface area contributed by atoms with E-state index in [0.29, 0.717) is 12.5 Å². The second kappa shape index (κ2) is 5.21. The van der Waals surface area contributed by atoms with E-state index >= 15 is 0 Å². The van der Waals surface area contributed by atoms with Gasteiger partial charge < -0.3 is 4.74 Å². The van der Waals surface area contributed by atoms with Crippen molar-refractivity contribution < 1.29 is 4.74 Å². The van der Waals surface area contributed by atoms with Crippen LogP contribution in [-0.2, 0) is 24.2 Å². The number of benzene rings is 1. The highest BCUT2D eigenvalue weighted by Gasteiger charge is 2.22. The Kier molecular flexibility index (Phi) is 3.43. The first kappa shape index (κ1) is 11.9. The molecule has 1 aliphatic carbocycles. The standard InChI is InChI=1S/C15H17NOS/c1-17-9-14-10-18-15(16-14)13-7-6-11-4-2-3-5-12(11)8-13/h2-5,10,13H,6-9H2,1H3. The van der Waals surface area contributed by atoms with Crippen LogP contribution in [0, 0.1) is 0 Å². The molecule has 3 rings (SSSR count). The summed E-state index contributed by atoms with van der Waals surface area (Å²) in [6.45, 7) is 0.625. The van der Waals surface area contributed by atoms with Crippen molar-refractivity contribution in [1.29, 1.82) is 0 Å². The molecular weight excluding hydrogens is 242 g/mol. The fourth-order valence-electron chi connectivity index (χ4n) is 2.63. The van der Waals surface area contributed by atoms with Crippen molar-refractivity contribution in [2.24, 2.45) is 0 Å². The topological polar surface area (TPSA) is 22.1 Å². The normalized spacial score (nSPS) is 18.6. The minimum absolute atomic E-state index is 0.593. The maximum atomic E-state index is 5.13. The molecule has 1 aromatic heterocycles. The molecule has 1 aliphatic rings. The molecule has 1 atom stereocenters. The monoisotopic (exact) mass is 259 g/mol. The molecule has 2 nitrogen and oxygen atoms in total. The molecule has 1 unspecified atom stereocenters. The molecule has 0 bridgehead atoms. The maximum absolute atomic E-state index is 5.13. The molecule has 0 spiro atoms. The van der Waals surface area contributed by atoms with Gasteiger partial charge in [0.25, 0.3) is 0 Å². The van der Waals surface area contributed by atoms with Crippen LogP contribution < -0.4 is 0 Å². The van der Waals surface area contributed by atoms with Gasteiger partial charge in [0, 0.05) is 18.4 Å². The smallest absolute Gasteiger partial charge is 0.0963 e. The van der Waals surface area contributed by atoms with Gasteiger partial charge in [-0.3, -0.25) is 0 Å². The largest absolute Gasteiger partial charge is 0.378 e. The molecule has 1 heterocycles. The molecule has 0 fully saturated rings. The molecule has 0 radical (unpaired) electrons. The lowest BCUT2D eigenvalue weighted by atomic mass is 9.84. The van der Waals surface area contributed by atoms with Crippen molar-refractivity contribution in [2.75, 3.05) is 7.11 Å². The predicted molar refractivity (Wildman–Crippen MR) is 74.0 cm³/mol. The highest BCUT2D eigenvalue weighted by Crippen LogP contribution is 2.34. The molecule has 0 amide bonds. The third-order valence-corrected chi connectivity index (χ3v) is 4.61. The summed E-state index contributed by atoms with van der Waals surface area (Å²) in [5, 5.41) is 3.40. The van der Waals surface area contributed by atoms with Crippen molar-refractivity contribution >= 4 is 11.3 Å². The zero-order valence-electron chi connectivity index (χ0n) is 10.6. The quantitative estimate of drug-likeness (QED) is 0.840. The summed E-state index contributed by atoms with van der Waals surface area (Å²) in [5.41, 5.74) is 4.08. The number of thiazole rings is 1. The molecule has 0 aliphatic heterocycles. The van der Waals surface area contributed by atoms with Gasteiger partial charge in [-0.15, -0.1) is 11.3 Å². The van der Waals surface area contributed by atoms with Crippen LogP contribution in [0.3, 0.4) is 0 Å². The van der Waals surface area contributed by atoms with Crippen LogP contribution in [0.15, 0.2) is 29.6 Å².